The molecule has 0 atom stereocenters. The molecule has 0 fully saturated rings. The van der Waals surface area contributed by atoms with E-state index in [9.17, 15) is 4.57 Å². The Morgan fingerprint density at radius 2 is 1.20 bits per heavy atom. The Morgan fingerprint density at radius 1 is 0.850 bits per heavy atom. The molecule has 2 rings (SSSR count). The molecule has 20 heavy (non-hydrogen) atoms. The first-order chi connectivity index (χ1) is 9.33. The summed E-state index contributed by atoms with van der Waals surface area (Å²) in [5.41, 5.74) is 2.29. The summed E-state index contributed by atoms with van der Waals surface area (Å²) in [6.07, 6.45) is 0. The van der Waals surface area contributed by atoms with Crippen LogP contribution in [0.4, 0.5) is 0 Å². The van der Waals surface area contributed by atoms with E-state index in [0.717, 1.165) is 5.56 Å². The maximum absolute atomic E-state index is 10.2. The quantitative estimate of drug-likeness (QED) is 0.790. The summed E-state index contributed by atoms with van der Waals surface area (Å²) in [6.45, 7) is 7.45. The molecule has 0 unspecified atom stereocenters. The molecule has 0 spiro atoms. The molecule has 110 valence electrons. The molecule has 0 bridgehead atoms. The number of benzene rings is 2. The molecule has 0 radical (unpaired) electrons. The summed E-state index contributed by atoms with van der Waals surface area (Å²) in [6, 6.07) is 19.8. The number of hydrogen-bond donors (Lipinski definition) is 1. The lowest BCUT2D eigenvalue weighted by molar-refractivity contribution is 0.282. The zero-order valence-corrected chi connectivity index (χ0v) is 13.7. The Bertz CT molecular complexity index is 481. The highest BCUT2D eigenvalue weighted by Gasteiger charge is 1.89. The van der Waals surface area contributed by atoms with Gasteiger partial charge in [0, 0.05) is 0 Å². The average molecular weight is 292 g/mol. The normalized spacial score (nSPS) is 9.65. The lowest BCUT2D eigenvalue weighted by atomic mass is 10.2. The molecule has 2 aromatic carbocycles. The van der Waals surface area contributed by atoms with Crippen molar-refractivity contribution in [2.75, 3.05) is 20.0 Å². The number of aliphatic hydroxyl groups excluding tert-OH is 1. The van der Waals surface area contributed by atoms with Gasteiger partial charge in [0.15, 0.2) is 0 Å². The van der Waals surface area contributed by atoms with E-state index in [-0.39, 0.29) is 6.61 Å². The van der Waals surface area contributed by atoms with Crippen molar-refractivity contribution in [1.29, 1.82) is 0 Å². The van der Waals surface area contributed by atoms with Crippen molar-refractivity contribution in [3.8, 4) is 0 Å². The number of aliphatic hydroxyl groups is 1. The zero-order chi connectivity index (χ0) is 15.4. The minimum atomic E-state index is -1.64. The molecular weight excluding hydrogens is 267 g/mol. The van der Waals surface area contributed by atoms with E-state index < -0.39 is 7.14 Å². The second kappa shape index (κ2) is 10.4. The van der Waals surface area contributed by atoms with Crippen LogP contribution in [0.3, 0.4) is 0 Å². The zero-order valence-electron chi connectivity index (χ0n) is 12.8. The SMILES string of the molecule is CP(C)(C)=O.Cc1ccccc1.OCc1ccccc1. The highest BCUT2D eigenvalue weighted by Crippen LogP contribution is 2.28. The molecule has 0 saturated carbocycles. The number of aryl methyl sites for hydroxylation is 1. The van der Waals surface area contributed by atoms with Crippen molar-refractivity contribution in [2.45, 2.75) is 13.5 Å². The minimum absolute atomic E-state index is 0.140. The molecule has 1 N–H and O–H groups in total. The predicted octanol–water partition coefficient (Wildman–Crippen LogP) is 4.41. The molecule has 2 nitrogen and oxygen atoms in total. The van der Waals surface area contributed by atoms with Crippen LogP contribution in [0.5, 0.6) is 0 Å². The molecule has 0 saturated heterocycles. The van der Waals surface area contributed by atoms with Gasteiger partial charge in [-0.3, -0.25) is 0 Å². The van der Waals surface area contributed by atoms with Gasteiger partial charge in [0.2, 0.25) is 0 Å². The van der Waals surface area contributed by atoms with Gasteiger partial charge in [0.1, 0.15) is 0 Å². The molecule has 0 aromatic heterocycles. The molecule has 2 aromatic rings. The van der Waals surface area contributed by atoms with Crippen molar-refractivity contribution in [3.63, 3.8) is 0 Å². The molecule has 0 aliphatic heterocycles. The smallest absolute Gasteiger partial charge is 0.0790 e. The summed E-state index contributed by atoms with van der Waals surface area (Å²) < 4.78 is 10.2. The standard InChI is InChI=1S/C7H8O.C7H8.C3H9OP/c8-6-7-4-2-1-3-5-7;1-7-5-3-2-4-6-7;1-5(2,3)4/h1-5,8H,6H2;2-6H,1H3;1-3H3. The van der Waals surface area contributed by atoms with Crippen LogP contribution in [0.1, 0.15) is 11.1 Å². The van der Waals surface area contributed by atoms with Crippen LogP contribution >= 0.6 is 7.14 Å². The predicted molar refractivity (Wildman–Crippen MR) is 88.9 cm³/mol. The van der Waals surface area contributed by atoms with E-state index in [2.05, 4.69) is 19.1 Å². The van der Waals surface area contributed by atoms with Gasteiger partial charge >= 0.3 is 0 Å². The minimum Gasteiger partial charge on any atom is -0.392 e. The molecule has 0 aliphatic rings. The van der Waals surface area contributed by atoms with Gasteiger partial charge in [0.05, 0.1) is 13.7 Å². The highest BCUT2D eigenvalue weighted by atomic mass is 31.2. The Balaban J connectivity index is 0.000000280. The first-order valence-electron chi connectivity index (χ1n) is 6.52. The number of hydrogen-bond acceptors (Lipinski definition) is 2. The van der Waals surface area contributed by atoms with Gasteiger partial charge in [0.25, 0.3) is 0 Å². The summed E-state index contributed by atoms with van der Waals surface area (Å²) >= 11 is 0. The fraction of sp³-hybridized carbons (Fsp3) is 0.294. The third-order valence-electron chi connectivity index (χ3n) is 1.97. The first-order valence-corrected chi connectivity index (χ1v) is 9.56. The molecule has 0 heterocycles. The summed E-state index contributed by atoms with van der Waals surface area (Å²) in [5, 5.41) is 8.54. The molecular formula is C17H25O2P. The summed E-state index contributed by atoms with van der Waals surface area (Å²) in [7, 11) is -1.64. The van der Waals surface area contributed by atoms with Crippen molar-refractivity contribution < 1.29 is 9.67 Å². The topological polar surface area (TPSA) is 37.3 Å². The fourth-order valence-electron chi connectivity index (χ4n) is 1.12. The lowest BCUT2D eigenvalue weighted by Crippen LogP contribution is -1.77. The van der Waals surface area contributed by atoms with Crippen LogP contribution in [0.15, 0.2) is 60.7 Å². The van der Waals surface area contributed by atoms with Crippen LogP contribution in [0.2, 0.25) is 0 Å². The Morgan fingerprint density at radius 3 is 1.40 bits per heavy atom. The van der Waals surface area contributed by atoms with Gasteiger partial charge in [-0.2, -0.15) is 0 Å². The van der Waals surface area contributed by atoms with E-state index in [1.807, 2.05) is 48.5 Å². The van der Waals surface area contributed by atoms with E-state index in [0.29, 0.717) is 0 Å². The maximum Gasteiger partial charge on any atom is 0.0790 e. The van der Waals surface area contributed by atoms with E-state index in [1.54, 1.807) is 20.0 Å². The maximum atomic E-state index is 10.2. The lowest BCUT2D eigenvalue weighted by Gasteiger charge is -1.89. The van der Waals surface area contributed by atoms with Crippen LogP contribution in [0, 0.1) is 6.92 Å². The second-order valence-corrected chi connectivity index (χ2v) is 8.97. The average Bonchev–Trinajstić information content (AvgIpc) is 2.39. The number of rotatable bonds is 1. The van der Waals surface area contributed by atoms with Gasteiger partial charge < -0.3 is 9.67 Å². The third-order valence-corrected chi connectivity index (χ3v) is 1.97. The van der Waals surface area contributed by atoms with Crippen molar-refractivity contribution in [2.24, 2.45) is 0 Å². The molecule has 3 heteroatoms. The third kappa shape index (κ3) is 14.7. The Labute approximate surface area is 122 Å². The van der Waals surface area contributed by atoms with E-state index in [4.69, 9.17) is 5.11 Å². The van der Waals surface area contributed by atoms with Gasteiger partial charge in [-0.05, 0) is 32.5 Å². The Hall–Kier alpha value is -1.37. The van der Waals surface area contributed by atoms with Crippen LogP contribution in [-0.4, -0.2) is 25.1 Å². The molecule has 0 amide bonds. The van der Waals surface area contributed by atoms with Crippen LogP contribution < -0.4 is 0 Å². The van der Waals surface area contributed by atoms with Crippen molar-refractivity contribution in [3.05, 3.63) is 71.8 Å². The van der Waals surface area contributed by atoms with E-state index in [1.165, 1.54) is 5.56 Å². The largest absolute Gasteiger partial charge is 0.392 e. The fourth-order valence-corrected chi connectivity index (χ4v) is 1.12. The van der Waals surface area contributed by atoms with Crippen molar-refractivity contribution >= 4 is 7.14 Å². The van der Waals surface area contributed by atoms with Gasteiger partial charge in [-0.25, -0.2) is 0 Å². The van der Waals surface area contributed by atoms with Crippen LogP contribution in [-0.2, 0) is 11.2 Å². The highest BCUT2D eigenvalue weighted by molar-refractivity contribution is 7.61. The van der Waals surface area contributed by atoms with Crippen LogP contribution in [0.25, 0.3) is 0 Å². The summed E-state index contributed by atoms with van der Waals surface area (Å²) in [4.78, 5) is 0. The first kappa shape index (κ1) is 18.6. The Kier molecular flexibility index (Phi) is 9.71. The van der Waals surface area contributed by atoms with Gasteiger partial charge in [-0.1, -0.05) is 66.2 Å². The molecule has 0 aliphatic carbocycles. The summed E-state index contributed by atoms with van der Waals surface area (Å²) in [5.74, 6) is 0. The van der Waals surface area contributed by atoms with E-state index >= 15 is 0 Å². The van der Waals surface area contributed by atoms with Gasteiger partial charge in [-0.15, -0.1) is 0 Å². The van der Waals surface area contributed by atoms with Crippen molar-refractivity contribution in [1.82, 2.24) is 0 Å². The second-order valence-electron chi connectivity index (χ2n) is 5.19. The monoisotopic (exact) mass is 292 g/mol.